The Hall–Kier alpha value is -1.52. The van der Waals surface area contributed by atoms with Gasteiger partial charge in [0.1, 0.15) is 0 Å². The molecule has 0 aromatic heterocycles. The number of carbonyl (C=O) groups excluding carboxylic acids is 2. The molecule has 5 heteroatoms. The molecule has 1 rings (SSSR count). The molecule has 12 heavy (non-hydrogen) atoms. The first kappa shape index (κ1) is 8.58. The van der Waals surface area contributed by atoms with Gasteiger partial charge in [-0.05, 0) is 13.0 Å². The van der Waals surface area contributed by atoms with Crippen molar-refractivity contribution in [2.45, 2.75) is 12.5 Å². The van der Waals surface area contributed by atoms with E-state index < -0.39 is 17.5 Å². The zero-order valence-electron chi connectivity index (χ0n) is 6.88. The predicted molar refractivity (Wildman–Crippen MR) is 41.2 cm³/mol. The molecular weight excluding hydrogens is 160 g/mol. The van der Waals surface area contributed by atoms with Crippen LogP contribution in [0.1, 0.15) is 6.92 Å². The van der Waals surface area contributed by atoms with Crippen LogP contribution in [-0.4, -0.2) is 24.6 Å². The van der Waals surface area contributed by atoms with E-state index in [2.05, 4.69) is 15.4 Å². The molecule has 0 saturated carbocycles. The summed E-state index contributed by atoms with van der Waals surface area (Å²) in [6, 6.07) is -0.412. The lowest BCUT2D eigenvalue weighted by Gasteiger charge is -2.27. The van der Waals surface area contributed by atoms with Crippen LogP contribution in [0.15, 0.2) is 12.3 Å². The lowest BCUT2D eigenvalue weighted by molar-refractivity contribution is -0.145. The molecule has 2 N–H and O–H groups in total. The zero-order chi connectivity index (χ0) is 9.19. The largest absolute Gasteiger partial charge is 0.467 e. The standard InChI is InChI=1S/C7H10N2O3/c1-7(5(10)12-2)3-4-8-6(11)9-7/h3-4H,1-2H3,(H2,8,9,11). The third-order valence-corrected chi connectivity index (χ3v) is 1.61. The third kappa shape index (κ3) is 1.39. The average molecular weight is 170 g/mol. The van der Waals surface area contributed by atoms with Crippen LogP contribution in [-0.2, 0) is 9.53 Å². The average Bonchev–Trinajstić information content (AvgIpc) is 2.02. The lowest BCUT2D eigenvalue weighted by Crippen LogP contribution is -2.56. The van der Waals surface area contributed by atoms with Crippen LogP contribution < -0.4 is 10.6 Å². The van der Waals surface area contributed by atoms with Gasteiger partial charge in [0.05, 0.1) is 7.11 Å². The molecule has 1 aliphatic heterocycles. The minimum Gasteiger partial charge on any atom is -0.467 e. The molecule has 0 aromatic carbocycles. The minimum absolute atomic E-state index is 0.412. The molecule has 0 aliphatic carbocycles. The molecule has 0 aromatic rings. The highest BCUT2D eigenvalue weighted by Crippen LogP contribution is 2.10. The fourth-order valence-corrected chi connectivity index (χ4v) is 0.929. The maximum atomic E-state index is 11.1. The van der Waals surface area contributed by atoms with Crippen LogP contribution in [0, 0.1) is 0 Å². The van der Waals surface area contributed by atoms with Crippen molar-refractivity contribution in [3.63, 3.8) is 0 Å². The van der Waals surface area contributed by atoms with Gasteiger partial charge in [-0.3, -0.25) is 0 Å². The number of amides is 2. The van der Waals surface area contributed by atoms with Gasteiger partial charge in [0.25, 0.3) is 0 Å². The normalized spacial score (nSPS) is 27.3. The number of urea groups is 1. The molecule has 1 aliphatic rings. The van der Waals surface area contributed by atoms with E-state index in [0.29, 0.717) is 0 Å². The Bertz CT molecular complexity index is 249. The van der Waals surface area contributed by atoms with Crippen molar-refractivity contribution in [2.24, 2.45) is 0 Å². The molecule has 66 valence electrons. The summed E-state index contributed by atoms with van der Waals surface area (Å²) >= 11 is 0. The van der Waals surface area contributed by atoms with Gasteiger partial charge in [-0.1, -0.05) is 0 Å². The summed E-state index contributed by atoms with van der Waals surface area (Å²) in [7, 11) is 1.27. The molecule has 1 heterocycles. The summed E-state index contributed by atoms with van der Waals surface area (Å²) < 4.78 is 4.51. The number of hydrogen-bond donors (Lipinski definition) is 2. The first-order valence-electron chi connectivity index (χ1n) is 3.43. The molecule has 0 fully saturated rings. The van der Waals surface area contributed by atoms with Crippen LogP contribution in [0.5, 0.6) is 0 Å². The van der Waals surface area contributed by atoms with Gasteiger partial charge < -0.3 is 15.4 Å². The zero-order valence-corrected chi connectivity index (χ0v) is 6.88. The van der Waals surface area contributed by atoms with E-state index in [0.717, 1.165) is 0 Å². The Balaban J connectivity index is 2.83. The highest BCUT2D eigenvalue weighted by Gasteiger charge is 2.35. The second-order valence-electron chi connectivity index (χ2n) is 2.63. The summed E-state index contributed by atoms with van der Waals surface area (Å²) in [6.07, 6.45) is 2.94. The van der Waals surface area contributed by atoms with E-state index in [9.17, 15) is 9.59 Å². The van der Waals surface area contributed by atoms with Crippen LogP contribution >= 0.6 is 0 Å². The molecular formula is C7H10N2O3. The van der Waals surface area contributed by atoms with Crippen molar-refractivity contribution in [1.29, 1.82) is 0 Å². The quantitative estimate of drug-likeness (QED) is 0.533. The predicted octanol–water partition coefficient (Wildman–Crippen LogP) is -0.255. The SMILES string of the molecule is COC(=O)C1(C)C=CNC(=O)N1. The van der Waals surface area contributed by atoms with Crippen molar-refractivity contribution in [3.05, 3.63) is 12.3 Å². The summed E-state index contributed by atoms with van der Waals surface area (Å²) in [4.78, 5) is 21.9. The molecule has 1 atom stereocenters. The van der Waals surface area contributed by atoms with Gasteiger partial charge in [0, 0.05) is 6.20 Å². The summed E-state index contributed by atoms with van der Waals surface area (Å²) in [5.74, 6) is -0.492. The number of carbonyl (C=O) groups is 2. The number of esters is 1. The van der Waals surface area contributed by atoms with E-state index in [4.69, 9.17) is 0 Å². The molecule has 1 unspecified atom stereocenters. The summed E-state index contributed by atoms with van der Waals surface area (Å²) in [5, 5.41) is 4.81. The molecule has 5 nitrogen and oxygen atoms in total. The van der Waals surface area contributed by atoms with Gasteiger partial charge in [-0.15, -0.1) is 0 Å². The molecule has 0 bridgehead atoms. The molecule has 0 spiro atoms. The van der Waals surface area contributed by atoms with Gasteiger partial charge >= 0.3 is 12.0 Å². The van der Waals surface area contributed by atoms with Gasteiger partial charge in [0.15, 0.2) is 5.54 Å². The second-order valence-corrected chi connectivity index (χ2v) is 2.63. The number of nitrogens with one attached hydrogen (secondary N) is 2. The Morgan fingerprint density at radius 1 is 1.67 bits per heavy atom. The van der Waals surface area contributed by atoms with Crippen LogP contribution in [0.3, 0.4) is 0 Å². The van der Waals surface area contributed by atoms with Gasteiger partial charge in [0.2, 0.25) is 0 Å². The number of methoxy groups -OCH3 is 1. The van der Waals surface area contributed by atoms with Crippen molar-refractivity contribution in [3.8, 4) is 0 Å². The van der Waals surface area contributed by atoms with Crippen molar-refractivity contribution < 1.29 is 14.3 Å². The number of hydrogen-bond acceptors (Lipinski definition) is 3. The monoisotopic (exact) mass is 170 g/mol. The van der Waals surface area contributed by atoms with E-state index in [-0.39, 0.29) is 0 Å². The fraction of sp³-hybridized carbons (Fsp3) is 0.429. The smallest absolute Gasteiger partial charge is 0.335 e. The highest BCUT2D eigenvalue weighted by molar-refractivity contribution is 5.90. The summed E-state index contributed by atoms with van der Waals surface area (Å²) in [6.45, 7) is 1.56. The molecule has 2 amide bonds. The van der Waals surface area contributed by atoms with Crippen LogP contribution in [0.25, 0.3) is 0 Å². The van der Waals surface area contributed by atoms with E-state index in [1.165, 1.54) is 19.4 Å². The maximum Gasteiger partial charge on any atom is 0.335 e. The minimum atomic E-state index is -1.04. The Morgan fingerprint density at radius 3 is 2.83 bits per heavy atom. The van der Waals surface area contributed by atoms with Gasteiger partial charge in [-0.2, -0.15) is 0 Å². The number of rotatable bonds is 1. The van der Waals surface area contributed by atoms with E-state index in [1.807, 2.05) is 0 Å². The Kier molecular flexibility index (Phi) is 2.03. The molecule has 0 radical (unpaired) electrons. The first-order valence-corrected chi connectivity index (χ1v) is 3.43. The first-order chi connectivity index (χ1) is 5.58. The third-order valence-electron chi connectivity index (χ3n) is 1.61. The fourth-order valence-electron chi connectivity index (χ4n) is 0.929. The van der Waals surface area contributed by atoms with Crippen molar-refractivity contribution >= 4 is 12.0 Å². The summed E-state index contributed by atoms with van der Waals surface area (Å²) in [5.41, 5.74) is -1.04. The van der Waals surface area contributed by atoms with Gasteiger partial charge in [-0.25, -0.2) is 9.59 Å². The number of ether oxygens (including phenoxy) is 1. The van der Waals surface area contributed by atoms with E-state index in [1.54, 1.807) is 6.92 Å². The molecule has 0 saturated heterocycles. The Morgan fingerprint density at radius 2 is 2.33 bits per heavy atom. The van der Waals surface area contributed by atoms with Crippen molar-refractivity contribution in [2.75, 3.05) is 7.11 Å². The maximum absolute atomic E-state index is 11.1. The topological polar surface area (TPSA) is 67.4 Å². The van der Waals surface area contributed by atoms with Crippen molar-refractivity contribution in [1.82, 2.24) is 10.6 Å². The second kappa shape index (κ2) is 2.84. The van der Waals surface area contributed by atoms with E-state index >= 15 is 0 Å². The Labute approximate surface area is 69.8 Å². The van der Waals surface area contributed by atoms with Crippen LogP contribution in [0.4, 0.5) is 4.79 Å². The van der Waals surface area contributed by atoms with Crippen LogP contribution in [0.2, 0.25) is 0 Å². The lowest BCUT2D eigenvalue weighted by atomic mass is 10.0. The highest BCUT2D eigenvalue weighted by atomic mass is 16.5.